The Kier molecular flexibility index (Phi) is 4.25. The van der Waals surface area contributed by atoms with E-state index in [4.69, 9.17) is 4.74 Å². The summed E-state index contributed by atoms with van der Waals surface area (Å²) in [4.78, 5) is 4.36. The fraction of sp³-hybridized carbons (Fsp3) is 0.471. The maximum absolute atomic E-state index is 5.79. The highest BCUT2D eigenvalue weighted by Crippen LogP contribution is 2.32. The molecule has 3 rings (SSSR count). The quantitative estimate of drug-likeness (QED) is 0.918. The highest BCUT2D eigenvalue weighted by molar-refractivity contribution is 5.21. The van der Waals surface area contributed by atoms with Crippen LogP contribution in [0.3, 0.4) is 0 Å². The molecule has 1 saturated heterocycles. The van der Waals surface area contributed by atoms with Gasteiger partial charge in [0.05, 0.1) is 12.9 Å². The van der Waals surface area contributed by atoms with Gasteiger partial charge in [-0.1, -0.05) is 25.1 Å². The molecule has 1 aromatic carbocycles. The number of piperidine rings is 1. The van der Waals surface area contributed by atoms with Crippen molar-refractivity contribution in [2.75, 3.05) is 19.7 Å². The van der Waals surface area contributed by atoms with Gasteiger partial charge in [0.25, 0.3) is 0 Å². The minimum absolute atomic E-state index is 0.231. The van der Waals surface area contributed by atoms with Crippen LogP contribution in [-0.2, 0) is 12.0 Å². The number of hydrogen-bond donors (Lipinski definition) is 1. The lowest BCUT2D eigenvalue weighted by Crippen LogP contribution is -2.39. The van der Waals surface area contributed by atoms with Gasteiger partial charge in [-0.05, 0) is 38.1 Å². The molecule has 0 spiro atoms. The molecule has 4 heteroatoms. The molecule has 4 nitrogen and oxygen atoms in total. The second kappa shape index (κ2) is 6.31. The van der Waals surface area contributed by atoms with Gasteiger partial charge in [0, 0.05) is 17.3 Å². The van der Waals surface area contributed by atoms with Crippen LogP contribution in [0.15, 0.2) is 42.9 Å². The minimum Gasteiger partial charge on any atom is -0.492 e. The Morgan fingerprint density at radius 1 is 1.24 bits per heavy atom. The van der Waals surface area contributed by atoms with Crippen LogP contribution in [0.1, 0.15) is 25.5 Å². The summed E-state index contributed by atoms with van der Waals surface area (Å²) in [5.41, 5.74) is 1.56. The summed E-state index contributed by atoms with van der Waals surface area (Å²) >= 11 is 0. The van der Waals surface area contributed by atoms with E-state index in [1.54, 1.807) is 0 Å². The van der Waals surface area contributed by atoms with Crippen LogP contribution in [-0.4, -0.2) is 29.2 Å². The third-order valence-corrected chi connectivity index (χ3v) is 4.38. The van der Waals surface area contributed by atoms with Crippen LogP contribution in [0.2, 0.25) is 0 Å². The number of benzene rings is 1. The van der Waals surface area contributed by atoms with Crippen molar-refractivity contribution in [1.29, 1.82) is 0 Å². The van der Waals surface area contributed by atoms with Gasteiger partial charge in [-0.3, -0.25) is 0 Å². The van der Waals surface area contributed by atoms with E-state index in [1.165, 1.54) is 5.69 Å². The second-order valence-corrected chi connectivity index (χ2v) is 5.94. The molecule has 2 aromatic rings. The van der Waals surface area contributed by atoms with Crippen LogP contribution < -0.4 is 10.1 Å². The van der Waals surface area contributed by atoms with Crippen molar-refractivity contribution in [1.82, 2.24) is 14.9 Å². The van der Waals surface area contributed by atoms with Gasteiger partial charge < -0.3 is 14.6 Å². The Balaban J connectivity index is 1.63. The molecule has 0 bridgehead atoms. The zero-order chi connectivity index (χ0) is 14.5. The maximum atomic E-state index is 5.79. The summed E-state index contributed by atoms with van der Waals surface area (Å²) in [7, 11) is 0. The lowest BCUT2D eigenvalue weighted by molar-refractivity contribution is 0.279. The van der Waals surface area contributed by atoms with Gasteiger partial charge in [0.1, 0.15) is 12.4 Å². The van der Waals surface area contributed by atoms with Crippen molar-refractivity contribution in [3.8, 4) is 5.75 Å². The third-order valence-electron chi connectivity index (χ3n) is 4.38. The molecule has 112 valence electrons. The zero-order valence-electron chi connectivity index (χ0n) is 12.6. The summed E-state index contributed by atoms with van der Waals surface area (Å²) < 4.78 is 8.04. The van der Waals surface area contributed by atoms with E-state index in [-0.39, 0.29) is 5.41 Å². The van der Waals surface area contributed by atoms with Crippen LogP contribution in [0.4, 0.5) is 0 Å². The SMILES string of the molecule is CC1(c2cncn2CCOc2ccccc2)CCNCC1. The predicted octanol–water partition coefficient (Wildman–Crippen LogP) is 2.60. The number of rotatable bonds is 5. The molecule has 0 aliphatic carbocycles. The first-order chi connectivity index (χ1) is 10.3. The third kappa shape index (κ3) is 3.27. The van der Waals surface area contributed by atoms with Crippen LogP contribution >= 0.6 is 0 Å². The van der Waals surface area contributed by atoms with Crippen molar-refractivity contribution in [3.63, 3.8) is 0 Å². The molecule has 0 atom stereocenters. The molecular weight excluding hydrogens is 262 g/mol. The summed E-state index contributed by atoms with van der Waals surface area (Å²) in [5.74, 6) is 0.923. The average molecular weight is 285 g/mol. The molecule has 0 unspecified atom stereocenters. The van der Waals surface area contributed by atoms with E-state index in [0.717, 1.165) is 38.2 Å². The molecule has 2 heterocycles. The second-order valence-electron chi connectivity index (χ2n) is 5.94. The first-order valence-electron chi connectivity index (χ1n) is 7.67. The van der Waals surface area contributed by atoms with Crippen molar-refractivity contribution < 1.29 is 4.74 Å². The molecule has 0 radical (unpaired) electrons. The van der Waals surface area contributed by atoms with Crippen LogP contribution in [0.5, 0.6) is 5.75 Å². The lowest BCUT2D eigenvalue weighted by atomic mass is 9.78. The summed E-state index contributed by atoms with van der Waals surface area (Å²) in [6.45, 7) is 6.03. The number of para-hydroxylation sites is 1. The van der Waals surface area contributed by atoms with Crippen molar-refractivity contribution in [2.24, 2.45) is 0 Å². The fourth-order valence-corrected chi connectivity index (χ4v) is 3.01. The van der Waals surface area contributed by atoms with Crippen molar-refractivity contribution >= 4 is 0 Å². The van der Waals surface area contributed by atoms with Crippen LogP contribution in [0, 0.1) is 0 Å². The Labute approximate surface area is 126 Å². The topological polar surface area (TPSA) is 39.1 Å². The van der Waals surface area contributed by atoms with E-state index in [9.17, 15) is 0 Å². The molecule has 21 heavy (non-hydrogen) atoms. The Bertz CT molecular complexity index is 558. The van der Waals surface area contributed by atoms with Crippen LogP contribution in [0.25, 0.3) is 0 Å². The fourth-order valence-electron chi connectivity index (χ4n) is 3.01. The number of aromatic nitrogens is 2. The smallest absolute Gasteiger partial charge is 0.119 e. The van der Waals surface area contributed by atoms with E-state index in [2.05, 4.69) is 21.8 Å². The van der Waals surface area contributed by atoms with Crippen molar-refractivity contribution in [2.45, 2.75) is 31.7 Å². The van der Waals surface area contributed by atoms with Gasteiger partial charge in [-0.15, -0.1) is 0 Å². The Morgan fingerprint density at radius 3 is 2.76 bits per heavy atom. The van der Waals surface area contributed by atoms with E-state index in [0.29, 0.717) is 6.61 Å². The van der Waals surface area contributed by atoms with E-state index >= 15 is 0 Å². The summed E-state index contributed by atoms with van der Waals surface area (Å²) in [5, 5.41) is 3.43. The normalized spacial score (nSPS) is 17.6. The zero-order valence-corrected chi connectivity index (χ0v) is 12.6. The Hall–Kier alpha value is -1.81. The van der Waals surface area contributed by atoms with Crippen molar-refractivity contribution in [3.05, 3.63) is 48.5 Å². The molecule has 1 aliphatic heterocycles. The number of nitrogens with zero attached hydrogens (tertiary/aromatic N) is 2. The molecule has 0 saturated carbocycles. The standard InChI is InChI=1S/C17H23N3O/c1-17(7-9-18-10-8-17)16-13-19-14-20(16)11-12-21-15-5-3-2-4-6-15/h2-6,13-14,18H,7-12H2,1H3. The van der Waals surface area contributed by atoms with Gasteiger partial charge in [-0.2, -0.15) is 0 Å². The lowest BCUT2D eigenvalue weighted by Gasteiger charge is -2.34. The average Bonchev–Trinajstić information content (AvgIpc) is 2.98. The van der Waals surface area contributed by atoms with Gasteiger partial charge in [0.2, 0.25) is 0 Å². The molecule has 1 fully saturated rings. The van der Waals surface area contributed by atoms with E-state index in [1.807, 2.05) is 42.9 Å². The number of ether oxygens (including phenoxy) is 1. The highest BCUT2D eigenvalue weighted by atomic mass is 16.5. The molecule has 0 amide bonds. The highest BCUT2D eigenvalue weighted by Gasteiger charge is 2.31. The first kappa shape index (κ1) is 14.1. The minimum atomic E-state index is 0.231. The molecule has 1 aromatic heterocycles. The Morgan fingerprint density at radius 2 is 2.00 bits per heavy atom. The van der Waals surface area contributed by atoms with Gasteiger partial charge in [0.15, 0.2) is 0 Å². The first-order valence-corrected chi connectivity index (χ1v) is 7.67. The summed E-state index contributed by atoms with van der Waals surface area (Å²) in [6, 6.07) is 9.97. The number of imidazole rings is 1. The molecule has 1 N–H and O–H groups in total. The maximum Gasteiger partial charge on any atom is 0.119 e. The predicted molar refractivity (Wildman–Crippen MR) is 83.6 cm³/mol. The van der Waals surface area contributed by atoms with Gasteiger partial charge >= 0.3 is 0 Å². The molecular formula is C17H23N3O. The number of nitrogens with one attached hydrogen (secondary N) is 1. The monoisotopic (exact) mass is 285 g/mol. The largest absolute Gasteiger partial charge is 0.492 e. The van der Waals surface area contributed by atoms with E-state index < -0.39 is 0 Å². The molecule has 1 aliphatic rings. The van der Waals surface area contributed by atoms with Gasteiger partial charge in [-0.25, -0.2) is 4.98 Å². The summed E-state index contributed by atoms with van der Waals surface area (Å²) in [6.07, 6.45) is 6.28. The number of hydrogen-bond acceptors (Lipinski definition) is 3.